The fourth-order valence-electron chi connectivity index (χ4n) is 1.21. The molecule has 1 aromatic carbocycles. The van der Waals surface area contributed by atoms with Gasteiger partial charge in [-0.2, -0.15) is 5.26 Å². The van der Waals surface area contributed by atoms with Gasteiger partial charge in [-0.25, -0.2) is 4.39 Å². The second-order valence-corrected chi connectivity index (χ2v) is 3.62. The molecule has 1 aromatic rings. The molecule has 3 heteroatoms. The zero-order chi connectivity index (χ0) is 10.7. The third-order valence-electron chi connectivity index (χ3n) is 2.22. The Kier molecular flexibility index (Phi) is 3.21. The number of rotatable bonds is 2. The lowest BCUT2D eigenvalue weighted by Crippen LogP contribution is -2.16. The zero-order valence-corrected chi connectivity index (χ0v) is 8.29. The molecule has 0 fully saturated rings. The molecule has 0 bridgehead atoms. The number of benzene rings is 1. The minimum absolute atomic E-state index is 0.0599. The normalized spacial score (nSPS) is 12.6. The summed E-state index contributed by atoms with van der Waals surface area (Å²) in [4.78, 5) is 0. The van der Waals surface area contributed by atoms with E-state index in [4.69, 9.17) is 11.0 Å². The minimum Gasteiger partial charge on any atom is -0.324 e. The lowest BCUT2D eigenvalue weighted by molar-refractivity contribution is 0.510. The van der Waals surface area contributed by atoms with Gasteiger partial charge in [0.1, 0.15) is 11.9 Å². The van der Waals surface area contributed by atoms with E-state index < -0.39 is 5.82 Å². The summed E-state index contributed by atoms with van der Waals surface area (Å²) in [6, 6.07) is 6.09. The maximum atomic E-state index is 13.2. The van der Waals surface area contributed by atoms with Crippen molar-refractivity contribution in [1.82, 2.24) is 0 Å². The number of hydrogen-bond acceptors (Lipinski definition) is 2. The van der Waals surface area contributed by atoms with Crippen LogP contribution in [0.4, 0.5) is 4.39 Å². The summed E-state index contributed by atoms with van der Waals surface area (Å²) >= 11 is 0. The van der Waals surface area contributed by atoms with Gasteiger partial charge in [0.25, 0.3) is 0 Å². The molecule has 0 saturated heterocycles. The second-order valence-electron chi connectivity index (χ2n) is 3.62. The highest BCUT2D eigenvalue weighted by Crippen LogP contribution is 2.20. The largest absolute Gasteiger partial charge is 0.324 e. The van der Waals surface area contributed by atoms with Crippen LogP contribution in [0.15, 0.2) is 18.2 Å². The molecule has 2 nitrogen and oxygen atoms in total. The van der Waals surface area contributed by atoms with Crippen LogP contribution < -0.4 is 5.73 Å². The van der Waals surface area contributed by atoms with Crippen LogP contribution in [0.1, 0.15) is 31.0 Å². The van der Waals surface area contributed by atoms with Crippen LogP contribution in [0.25, 0.3) is 0 Å². The first kappa shape index (κ1) is 10.7. The predicted octanol–water partition coefficient (Wildman–Crippen LogP) is 2.35. The smallest absolute Gasteiger partial charge is 0.141 e. The molecule has 0 saturated carbocycles. The monoisotopic (exact) mass is 192 g/mol. The van der Waals surface area contributed by atoms with Crippen molar-refractivity contribution < 1.29 is 4.39 Å². The standard InChI is InChI=1S/C11H13FN2/c1-7(2)11(14)8-3-4-9(6-13)10(12)5-8/h3-5,7,11H,14H2,1-2H3. The van der Waals surface area contributed by atoms with Crippen LogP contribution in [0.2, 0.25) is 0 Å². The third kappa shape index (κ3) is 2.09. The van der Waals surface area contributed by atoms with Crippen molar-refractivity contribution in [3.8, 4) is 6.07 Å². The fourth-order valence-corrected chi connectivity index (χ4v) is 1.21. The van der Waals surface area contributed by atoms with Crippen molar-refractivity contribution in [2.45, 2.75) is 19.9 Å². The lowest BCUT2D eigenvalue weighted by atomic mass is 9.96. The predicted molar refractivity (Wildman–Crippen MR) is 52.9 cm³/mol. The van der Waals surface area contributed by atoms with Crippen LogP contribution in [-0.4, -0.2) is 0 Å². The van der Waals surface area contributed by atoms with Crippen LogP contribution in [0.3, 0.4) is 0 Å². The highest BCUT2D eigenvalue weighted by atomic mass is 19.1. The molecule has 0 spiro atoms. The molecular weight excluding hydrogens is 179 g/mol. The van der Waals surface area contributed by atoms with Crippen molar-refractivity contribution >= 4 is 0 Å². The molecule has 1 rings (SSSR count). The van der Waals surface area contributed by atoms with E-state index in [1.165, 1.54) is 12.1 Å². The number of nitriles is 1. The molecule has 0 heterocycles. The van der Waals surface area contributed by atoms with Crippen molar-refractivity contribution in [3.05, 3.63) is 35.1 Å². The first-order valence-electron chi connectivity index (χ1n) is 4.51. The average molecular weight is 192 g/mol. The summed E-state index contributed by atoms with van der Waals surface area (Å²) in [7, 11) is 0. The van der Waals surface area contributed by atoms with Gasteiger partial charge in [-0.15, -0.1) is 0 Å². The van der Waals surface area contributed by atoms with E-state index in [1.54, 1.807) is 12.1 Å². The third-order valence-corrected chi connectivity index (χ3v) is 2.22. The topological polar surface area (TPSA) is 49.8 Å². The number of hydrogen-bond donors (Lipinski definition) is 1. The zero-order valence-electron chi connectivity index (χ0n) is 8.29. The molecule has 0 aromatic heterocycles. The minimum atomic E-state index is -0.499. The van der Waals surface area contributed by atoms with E-state index in [0.717, 1.165) is 5.56 Å². The summed E-state index contributed by atoms with van der Waals surface area (Å²) in [6.45, 7) is 3.95. The van der Waals surface area contributed by atoms with Crippen molar-refractivity contribution in [3.63, 3.8) is 0 Å². The Morgan fingerprint density at radius 1 is 1.43 bits per heavy atom. The van der Waals surface area contributed by atoms with Gasteiger partial charge in [0.05, 0.1) is 5.56 Å². The van der Waals surface area contributed by atoms with E-state index in [-0.39, 0.29) is 17.5 Å². The Balaban J connectivity index is 3.04. The van der Waals surface area contributed by atoms with Crippen molar-refractivity contribution in [2.75, 3.05) is 0 Å². The lowest BCUT2D eigenvalue weighted by Gasteiger charge is -2.15. The first-order valence-corrected chi connectivity index (χ1v) is 4.51. The molecule has 2 N–H and O–H groups in total. The van der Waals surface area contributed by atoms with Gasteiger partial charge in [0.2, 0.25) is 0 Å². The fraction of sp³-hybridized carbons (Fsp3) is 0.364. The maximum Gasteiger partial charge on any atom is 0.141 e. The summed E-state index contributed by atoms with van der Waals surface area (Å²) in [5.74, 6) is -0.247. The van der Waals surface area contributed by atoms with Crippen LogP contribution >= 0.6 is 0 Å². The van der Waals surface area contributed by atoms with Gasteiger partial charge in [-0.1, -0.05) is 19.9 Å². The second kappa shape index (κ2) is 4.21. The van der Waals surface area contributed by atoms with Crippen LogP contribution in [0, 0.1) is 23.1 Å². The Morgan fingerprint density at radius 2 is 2.07 bits per heavy atom. The molecule has 14 heavy (non-hydrogen) atoms. The van der Waals surface area contributed by atoms with Gasteiger partial charge >= 0.3 is 0 Å². The first-order chi connectivity index (χ1) is 6.56. The molecule has 0 aliphatic heterocycles. The molecular formula is C11H13FN2. The molecule has 1 atom stereocenters. The van der Waals surface area contributed by atoms with Gasteiger partial charge in [0.15, 0.2) is 0 Å². The van der Waals surface area contributed by atoms with E-state index >= 15 is 0 Å². The van der Waals surface area contributed by atoms with Crippen molar-refractivity contribution in [1.29, 1.82) is 5.26 Å². The Bertz CT molecular complexity index is 366. The van der Waals surface area contributed by atoms with E-state index in [2.05, 4.69) is 0 Å². The number of nitrogens with zero attached hydrogens (tertiary/aromatic N) is 1. The molecule has 0 aliphatic rings. The number of nitrogens with two attached hydrogens (primary N) is 1. The van der Waals surface area contributed by atoms with Gasteiger partial charge in [0, 0.05) is 6.04 Å². The van der Waals surface area contributed by atoms with Crippen LogP contribution in [-0.2, 0) is 0 Å². The van der Waals surface area contributed by atoms with E-state index in [9.17, 15) is 4.39 Å². The summed E-state index contributed by atoms with van der Waals surface area (Å²) < 4.78 is 13.2. The Labute approximate surface area is 83.2 Å². The molecule has 1 unspecified atom stereocenters. The molecule has 0 radical (unpaired) electrons. The summed E-state index contributed by atoms with van der Waals surface area (Å²) in [5.41, 5.74) is 6.64. The van der Waals surface area contributed by atoms with Gasteiger partial charge < -0.3 is 5.73 Å². The summed E-state index contributed by atoms with van der Waals surface area (Å²) in [6.07, 6.45) is 0. The quantitative estimate of drug-likeness (QED) is 0.781. The summed E-state index contributed by atoms with van der Waals surface area (Å²) in [5, 5.41) is 8.54. The SMILES string of the molecule is CC(C)C(N)c1ccc(C#N)c(F)c1. The molecule has 0 amide bonds. The van der Waals surface area contributed by atoms with Crippen LogP contribution in [0.5, 0.6) is 0 Å². The van der Waals surface area contributed by atoms with E-state index in [0.29, 0.717) is 0 Å². The average Bonchev–Trinajstić information content (AvgIpc) is 2.16. The highest BCUT2D eigenvalue weighted by molar-refractivity contribution is 5.34. The van der Waals surface area contributed by atoms with Gasteiger partial charge in [-0.3, -0.25) is 0 Å². The van der Waals surface area contributed by atoms with Gasteiger partial charge in [-0.05, 0) is 23.6 Å². The molecule has 74 valence electrons. The Morgan fingerprint density at radius 3 is 2.50 bits per heavy atom. The van der Waals surface area contributed by atoms with Crippen molar-refractivity contribution in [2.24, 2.45) is 11.7 Å². The van der Waals surface area contributed by atoms with E-state index in [1.807, 2.05) is 13.8 Å². The molecule has 0 aliphatic carbocycles. The number of halogens is 1. The Hall–Kier alpha value is -1.40. The maximum absolute atomic E-state index is 13.2. The highest BCUT2D eigenvalue weighted by Gasteiger charge is 2.12.